The first-order chi connectivity index (χ1) is 8.49. The minimum Gasteiger partial charge on any atom is -0.389 e. The van der Waals surface area contributed by atoms with Crippen molar-refractivity contribution in [2.24, 2.45) is 5.73 Å². The highest BCUT2D eigenvalue weighted by Gasteiger charge is 2.10. The Kier molecular flexibility index (Phi) is 3.82. The van der Waals surface area contributed by atoms with Gasteiger partial charge >= 0.3 is 0 Å². The van der Waals surface area contributed by atoms with E-state index in [1.807, 2.05) is 35.1 Å². The lowest BCUT2D eigenvalue weighted by molar-refractivity contribution is 0.768. The number of halogens is 1. The van der Waals surface area contributed by atoms with E-state index in [-0.39, 0.29) is 0 Å². The zero-order valence-corrected chi connectivity index (χ0v) is 12.6. The molecule has 1 heterocycles. The summed E-state index contributed by atoms with van der Waals surface area (Å²) in [6.07, 6.45) is 1.93. The minimum absolute atomic E-state index is 0.368. The first-order valence-corrected chi connectivity index (χ1v) is 6.84. The van der Waals surface area contributed by atoms with Gasteiger partial charge in [0.1, 0.15) is 4.99 Å². The highest BCUT2D eigenvalue weighted by molar-refractivity contribution is 9.10. The van der Waals surface area contributed by atoms with Crippen LogP contribution in [-0.4, -0.2) is 14.8 Å². The van der Waals surface area contributed by atoms with Crippen LogP contribution in [0.2, 0.25) is 0 Å². The van der Waals surface area contributed by atoms with Crippen LogP contribution in [-0.2, 0) is 0 Å². The molecule has 2 N–H and O–H groups in total. The molecule has 0 saturated heterocycles. The smallest absolute Gasteiger partial charge is 0.106 e. The average molecular weight is 324 g/mol. The van der Waals surface area contributed by atoms with Gasteiger partial charge in [-0.1, -0.05) is 42.0 Å². The molecule has 0 radical (unpaired) electrons. The van der Waals surface area contributed by atoms with E-state index in [1.165, 1.54) is 0 Å². The molecule has 0 amide bonds. The molecule has 1 aromatic carbocycles. The lowest BCUT2D eigenvalue weighted by atomic mass is 10.1. The van der Waals surface area contributed by atoms with Crippen LogP contribution in [0.25, 0.3) is 5.69 Å². The summed E-state index contributed by atoms with van der Waals surface area (Å²) in [5, 5.41) is 4.54. The predicted molar refractivity (Wildman–Crippen MR) is 81.2 cm³/mol. The van der Waals surface area contributed by atoms with Gasteiger partial charge in [0.15, 0.2) is 0 Å². The number of hydrogen-bond donors (Lipinski definition) is 1. The quantitative estimate of drug-likeness (QED) is 0.880. The number of aromatic nitrogens is 2. The summed E-state index contributed by atoms with van der Waals surface area (Å²) < 4.78 is 2.77. The van der Waals surface area contributed by atoms with Gasteiger partial charge in [0.05, 0.1) is 11.4 Å². The normalized spacial score (nSPS) is 10.9. The van der Waals surface area contributed by atoms with Crippen molar-refractivity contribution in [2.75, 3.05) is 0 Å². The predicted octanol–water partition coefficient (Wildman–Crippen LogP) is 3.39. The van der Waals surface area contributed by atoms with E-state index in [0.29, 0.717) is 10.9 Å². The van der Waals surface area contributed by atoms with Crippen molar-refractivity contribution >= 4 is 33.1 Å². The van der Waals surface area contributed by atoms with E-state index >= 15 is 0 Å². The van der Waals surface area contributed by atoms with Crippen LogP contribution in [0.4, 0.5) is 0 Å². The molecular formula is C13H14BrN3S. The molecule has 2 rings (SSSR count). The Morgan fingerprint density at radius 3 is 2.67 bits per heavy atom. The molecule has 1 aromatic heterocycles. The standard InChI is InChI=1S/C13H14BrN3S/c1-8(2)11-5-6-17(16-11)12-4-3-9(14)7-10(12)13(15)18/h3-8H,1-2H3,(H2,15,18). The van der Waals surface area contributed by atoms with Crippen molar-refractivity contribution in [1.29, 1.82) is 0 Å². The topological polar surface area (TPSA) is 43.8 Å². The lowest BCUT2D eigenvalue weighted by Gasteiger charge is -2.09. The maximum Gasteiger partial charge on any atom is 0.106 e. The highest BCUT2D eigenvalue weighted by atomic mass is 79.9. The van der Waals surface area contributed by atoms with Crippen molar-refractivity contribution < 1.29 is 0 Å². The molecule has 0 saturated carbocycles. The van der Waals surface area contributed by atoms with E-state index in [1.54, 1.807) is 0 Å². The molecule has 0 spiro atoms. The van der Waals surface area contributed by atoms with Crippen LogP contribution in [0, 0.1) is 0 Å². The van der Waals surface area contributed by atoms with Gasteiger partial charge in [0.2, 0.25) is 0 Å². The van der Waals surface area contributed by atoms with Gasteiger partial charge in [-0.15, -0.1) is 0 Å². The molecule has 0 aliphatic rings. The molecule has 2 aromatic rings. The Morgan fingerprint density at radius 1 is 1.39 bits per heavy atom. The van der Waals surface area contributed by atoms with Gasteiger partial charge in [0, 0.05) is 16.2 Å². The van der Waals surface area contributed by atoms with Crippen molar-refractivity contribution in [3.63, 3.8) is 0 Å². The molecule has 0 fully saturated rings. The van der Waals surface area contributed by atoms with Gasteiger partial charge in [-0.05, 0) is 30.2 Å². The molecule has 0 aliphatic carbocycles. The van der Waals surface area contributed by atoms with Crippen LogP contribution in [0.1, 0.15) is 31.0 Å². The van der Waals surface area contributed by atoms with Crippen molar-refractivity contribution in [2.45, 2.75) is 19.8 Å². The van der Waals surface area contributed by atoms with Crippen molar-refractivity contribution in [3.05, 3.63) is 46.2 Å². The number of rotatable bonds is 3. The second-order valence-electron chi connectivity index (χ2n) is 4.37. The Labute approximate surface area is 120 Å². The van der Waals surface area contributed by atoms with Crippen LogP contribution in [0.15, 0.2) is 34.9 Å². The average Bonchev–Trinajstić information content (AvgIpc) is 2.78. The summed E-state index contributed by atoms with van der Waals surface area (Å²) in [7, 11) is 0. The van der Waals surface area contributed by atoms with E-state index in [9.17, 15) is 0 Å². The summed E-state index contributed by atoms with van der Waals surface area (Å²) in [4.78, 5) is 0.368. The number of hydrogen-bond acceptors (Lipinski definition) is 2. The Hall–Kier alpha value is -1.20. The van der Waals surface area contributed by atoms with Gasteiger partial charge in [-0.3, -0.25) is 0 Å². The van der Waals surface area contributed by atoms with Gasteiger partial charge in [-0.25, -0.2) is 4.68 Å². The van der Waals surface area contributed by atoms with E-state index in [4.69, 9.17) is 18.0 Å². The zero-order chi connectivity index (χ0) is 13.3. The fourth-order valence-corrected chi connectivity index (χ4v) is 2.21. The maximum atomic E-state index is 5.76. The third-order valence-corrected chi connectivity index (χ3v) is 3.39. The molecule has 3 nitrogen and oxygen atoms in total. The molecule has 94 valence electrons. The SMILES string of the molecule is CC(C)c1ccn(-c2ccc(Br)cc2C(N)=S)n1. The fourth-order valence-electron chi connectivity index (χ4n) is 1.69. The molecule has 5 heteroatoms. The summed E-state index contributed by atoms with van der Waals surface area (Å²) in [6, 6.07) is 7.83. The first-order valence-electron chi connectivity index (χ1n) is 5.64. The molecule has 0 bridgehead atoms. The first kappa shape index (κ1) is 13.2. The lowest BCUT2D eigenvalue weighted by Crippen LogP contribution is -2.14. The summed E-state index contributed by atoms with van der Waals surface area (Å²) in [5.41, 5.74) is 8.52. The molecule has 18 heavy (non-hydrogen) atoms. The summed E-state index contributed by atoms with van der Waals surface area (Å²) >= 11 is 8.50. The van der Waals surface area contributed by atoms with Gasteiger partial charge < -0.3 is 5.73 Å². The van der Waals surface area contributed by atoms with Gasteiger partial charge in [0.25, 0.3) is 0 Å². The van der Waals surface area contributed by atoms with Crippen LogP contribution < -0.4 is 5.73 Å². The fraction of sp³-hybridized carbons (Fsp3) is 0.231. The summed E-state index contributed by atoms with van der Waals surface area (Å²) in [6.45, 7) is 4.23. The number of thiocarbonyl (C=S) groups is 1. The summed E-state index contributed by atoms with van der Waals surface area (Å²) in [5.74, 6) is 0.398. The van der Waals surface area contributed by atoms with Crippen LogP contribution >= 0.6 is 28.1 Å². The number of nitrogens with zero attached hydrogens (tertiary/aromatic N) is 2. The third kappa shape index (κ3) is 2.62. The number of nitrogens with two attached hydrogens (primary N) is 1. The van der Waals surface area contributed by atoms with Crippen molar-refractivity contribution in [1.82, 2.24) is 9.78 Å². The highest BCUT2D eigenvalue weighted by Crippen LogP contribution is 2.21. The second-order valence-corrected chi connectivity index (χ2v) is 5.72. The number of benzene rings is 1. The third-order valence-electron chi connectivity index (χ3n) is 2.67. The maximum absolute atomic E-state index is 5.76. The Bertz CT molecular complexity index is 590. The van der Waals surface area contributed by atoms with Crippen molar-refractivity contribution in [3.8, 4) is 5.69 Å². The minimum atomic E-state index is 0.368. The van der Waals surface area contributed by atoms with E-state index < -0.39 is 0 Å². The van der Waals surface area contributed by atoms with Crippen LogP contribution in [0.5, 0.6) is 0 Å². The molecular weight excluding hydrogens is 310 g/mol. The molecule has 0 unspecified atom stereocenters. The monoisotopic (exact) mass is 323 g/mol. The largest absolute Gasteiger partial charge is 0.389 e. The van der Waals surface area contributed by atoms with Crippen LogP contribution in [0.3, 0.4) is 0 Å². The zero-order valence-electron chi connectivity index (χ0n) is 10.2. The van der Waals surface area contributed by atoms with E-state index in [2.05, 4.69) is 34.9 Å². The molecule has 0 atom stereocenters. The Morgan fingerprint density at radius 2 is 2.11 bits per heavy atom. The Balaban J connectivity index is 2.52. The van der Waals surface area contributed by atoms with E-state index in [0.717, 1.165) is 21.4 Å². The second kappa shape index (κ2) is 5.20. The van der Waals surface area contributed by atoms with Gasteiger partial charge in [-0.2, -0.15) is 5.10 Å². The molecule has 0 aliphatic heterocycles.